The van der Waals surface area contributed by atoms with Crippen LogP contribution in [0.2, 0.25) is 0 Å². The molecule has 1 amide bonds. The minimum absolute atomic E-state index is 0.0216. The Morgan fingerprint density at radius 1 is 1.47 bits per heavy atom. The Kier molecular flexibility index (Phi) is 6.28. The molecule has 0 aliphatic rings. The lowest BCUT2D eigenvalue weighted by Crippen LogP contribution is -2.39. The molecule has 0 saturated heterocycles. The number of carbonyl (C=O) groups excluding carboxylic acids is 1. The highest BCUT2D eigenvalue weighted by atomic mass is 79.9. The fourth-order valence-electron chi connectivity index (χ4n) is 1.74. The molecule has 1 N–H and O–H groups in total. The standard InChI is InChI=1S/C14H19BrFNO2/c1-9(2)13(6-7-15)17-14(18)11-5-4-10(19-3)8-12(11)16/h4-5,8-9,13H,6-7H2,1-3H3,(H,17,18). The smallest absolute Gasteiger partial charge is 0.254 e. The Balaban J connectivity index is 2.82. The Hall–Kier alpha value is -1.10. The predicted octanol–water partition coefficient (Wildman–Crippen LogP) is 3.37. The van der Waals surface area contributed by atoms with Crippen molar-refractivity contribution in [2.24, 2.45) is 5.92 Å². The highest BCUT2D eigenvalue weighted by Gasteiger charge is 2.19. The van der Waals surface area contributed by atoms with Crippen molar-refractivity contribution in [3.05, 3.63) is 29.6 Å². The molecule has 0 saturated carbocycles. The molecule has 0 aliphatic heterocycles. The first-order chi connectivity index (χ1) is 8.99. The second-order valence-corrected chi connectivity index (χ2v) is 5.44. The molecule has 1 aromatic rings. The van der Waals surface area contributed by atoms with Crippen LogP contribution in [0.25, 0.3) is 0 Å². The van der Waals surface area contributed by atoms with E-state index < -0.39 is 5.82 Å². The van der Waals surface area contributed by atoms with Crippen LogP contribution in [0.1, 0.15) is 30.6 Å². The lowest BCUT2D eigenvalue weighted by Gasteiger charge is -2.21. The van der Waals surface area contributed by atoms with Gasteiger partial charge in [-0.15, -0.1) is 0 Å². The average Bonchev–Trinajstić information content (AvgIpc) is 2.37. The first kappa shape index (κ1) is 16.0. The van der Waals surface area contributed by atoms with Crippen LogP contribution >= 0.6 is 15.9 Å². The summed E-state index contributed by atoms with van der Waals surface area (Å²) in [5, 5.41) is 3.66. The number of nitrogens with one attached hydrogen (secondary N) is 1. The van der Waals surface area contributed by atoms with Gasteiger partial charge in [0.1, 0.15) is 11.6 Å². The first-order valence-corrected chi connectivity index (χ1v) is 7.32. The third-order valence-corrected chi connectivity index (χ3v) is 3.42. The van der Waals surface area contributed by atoms with E-state index in [1.165, 1.54) is 19.2 Å². The summed E-state index contributed by atoms with van der Waals surface area (Å²) in [6.45, 7) is 4.05. The predicted molar refractivity (Wildman–Crippen MR) is 77.5 cm³/mol. The molecular weight excluding hydrogens is 313 g/mol. The van der Waals surface area contributed by atoms with E-state index in [-0.39, 0.29) is 17.5 Å². The molecule has 0 heterocycles. The number of benzene rings is 1. The molecule has 1 rings (SSSR count). The highest BCUT2D eigenvalue weighted by molar-refractivity contribution is 9.09. The molecule has 106 valence electrons. The van der Waals surface area contributed by atoms with Crippen LogP contribution in [0, 0.1) is 11.7 Å². The molecule has 0 radical (unpaired) electrons. The lowest BCUT2D eigenvalue weighted by atomic mass is 10.0. The molecule has 1 atom stereocenters. The average molecular weight is 332 g/mol. The van der Waals surface area contributed by atoms with Crippen LogP contribution in [-0.2, 0) is 0 Å². The quantitative estimate of drug-likeness (QED) is 0.811. The van der Waals surface area contributed by atoms with Gasteiger partial charge in [0.05, 0.1) is 12.7 Å². The summed E-state index contributed by atoms with van der Waals surface area (Å²) in [4.78, 5) is 12.0. The molecule has 0 fully saturated rings. The van der Waals surface area contributed by atoms with Crippen LogP contribution in [0.3, 0.4) is 0 Å². The number of amides is 1. The van der Waals surface area contributed by atoms with E-state index in [1.807, 2.05) is 13.8 Å². The van der Waals surface area contributed by atoms with Crippen LogP contribution in [0.5, 0.6) is 5.75 Å². The minimum atomic E-state index is -0.571. The summed E-state index contributed by atoms with van der Waals surface area (Å²) in [7, 11) is 1.46. The fourth-order valence-corrected chi connectivity index (χ4v) is 2.24. The first-order valence-electron chi connectivity index (χ1n) is 6.20. The molecule has 19 heavy (non-hydrogen) atoms. The van der Waals surface area contributed by atoms with E-state index in [9.17, 15) is 9.18 Å². The van der Waals surface area contributed by atoms with E-state index in [1.54, 1.807) is 6.07 Å². The number of ether oxygens (including phenoxy) is 1. The maximum absolute atomic E-state index is 13.8. The number of alkyl halides is 1. The fraction of sp³-hybridized carbons (Fsp3) is 0.500. The number of carbonyl (C=O) groups is 1. The van der Waals surface area contributed by atoms with Crippen molar-refractivity contribution in [2.75, 3.05) is 12.4 Å². The minimum Gasteiger partial charge on any atom is -0.497 e. The van der Waals surface area contributed by atoms with Crippen LogP contribution in [-0.4, -0.2) is 24.4 Å². The van der Waals surface area contributed by atoms with Gasteiger partial charge in [-0.25, -0.2) is 4.39 Å². The number of hydrogen-bond donors (Lipinski definition) is 1. The summed E-state index contributed by atoms with van der Waals surface area (Å²) in [6.07, 6.45) is 0.807. The summed E-state index contributed by atoms with van der Waals surface area (Å²) in [5.41, 5.74) is 0.0426. The largest absolute Gasteiger partial charge is 0.497 e. The Bertz CT molecular complexity index is 437. The van der Waals surface area contributed by atoms with Gasteiger partial charge in [-0.1, -0.05) is 29.8 Å². The Morgan fingerprint density at radius 3 is 2.63 bits per heavy atom. The van der Waals surface area contributed by atoms with Crippen molar-refractivity contribution in [1.29, 1.82) is 0 Å². The lowest BCUT2D eigenvalue weighted by molar-refractivity contribution is 0.0921. The summed E-state index contributed by atoms with van der Waals surface area (Å²) >= 11 is 3.36. The molecule has 0 aliphatic carbocycles. The zero-order valence-electron chi connectivity index (χ0n) is 11.4. The monoisotopic (exact) mass is 331 g/mol. The van der Waals surface area contributed by atoms with Crippen molar-refractivity contribution >= 4 is 21.8 Å². The van der Waals surface area contributed by atoms with Crippen LogP contribution < -0.4 is 10.1 Å². The van der Waals surface area contributed by atoms with Crippen molar-refractivity contribution in [3.8, 4) is 5.75 Å². The van der Waals surface area contributed by atoms with E-state index in [4.69, 9.17) is 4.74 Å². The number of hydrogen-bond acceptors (Lipinski definition) is 2. The highest BCUT2D eigenvalue weighted by Crippen LogP contribution is 2.17. The van der Waals surface area contributed by atoms with Crippen LogP contribution in [0.4, 0.5) is 4.39 Å². The van der Waals surface area contributed by atoms with Crippen LogP contribution in [0.15, 0.2) is 18.2 Å². The zero-order chi connectivity index (χ0) is 14.4. The van der Waals surface area contributed by atoms with Gasteiger partial charge in [-0.05, 0) is 24.5 Å². The second-order valence-electron chi connectivity index (χ2n) is 4.65. The molecule has 0 bridgehead atoms. The molecule has 5 heteroatoms. The van der Waals surface area contributed by atoms with Gasteiger partial charge in [-0.2, -0.15) is 0 Å². The third-order valence-electron chi connectivity index (χ3n) is 2.96. The van der Waals surface area contributed by atoms with E-state index in [0.717, 1.165) is 11.8 Å². The topological polar surface area (TPSA) is 38.3 Å². The van der Waals surface area contributed by atoms with Gasteiger partial charge < -0.3 is 10.1 Å². The maximum atomic E-state index is 13.8. The third kappa shape index (κ3) is 4.49. The van der Waals surface area contributed by atoms with Gasteiger partial charge in [0.15, 0.2) is 0 Å². The SMILES string of the molecule is COc1ccc(C(=O)NC(CCBr)C(C)C)c(F)c1. The van der Waals surface area contributed by atoms with Crippen molar-refractivity contribution in [3.63, 3.8) is 0 Å². The van der Waals surface area contributed by atoms with E-state index in [0.29, 0.717) is 11.7 Å². The summed E-state index contributed by atoms with van der Waals surface area (Å²) in [5.74, 6) is -0.268. The van der Waals surface area contributed by atoms with Gasteiger partial charge >= 0.3 is 0 Å². The van der Waals surface area contributed by atoms with Crippen molar-refractivity contribution in [1.82, 2.24) is 5.32 Å². The molecule has 1 unspecified atom stereocenters. The molecule has 1 aromatic carbocycles. The van der Waals surface area contributed by atoms with Gasteiger partial charge in [0, 0.05) is 17.4 Å². The Morgan fingerprint density at radius 2 is 2.16 bits per heavy atom. The Labute approximate surface area is 121 Å². The number of rotatable bonds is 6. The summed E-state index contributed by atoms with van der Waals surface area (Å²) < 4.78 is 18.7. The molecule has 0 spiro atoms. The van der Waals surface area contributed by atoms with Crippen molar-refractivity contribution < 1.29 is 13.9 Å². The number of methoxy groups -OCH3 is 1. The normalized spacial score (nSPS) is 12.3. The zero-order valence-corrected chi connectivity index (χ0v) is 13.0. The maximum Gasteiger partial charge on any atom is 0.254 e. The summed E-state index contributed by atoms with van der Waals surface area (Å²) in [6, 6.07) is 4.25. The second kappa shape index (κ2) is 7.48. The van der Waals surface area contributed by atoms with Gasteiger partial charge in [-0.3, -0.25) is 4.79 Å². The number of halogens is 2. The molecular formula is C14H19BrFNO2. The molecule has 3 nitrogen and oxygen atoms in total. The van der Waals surface area contributed by atoms with Gasteiger partial charge in [0.2, 0.25) is 0 Å². The molecule has 0 aromatic heterocycles. The van der Waals surface area contributed by atoms with E-state index in [2.05, 4.69) is 21.2 Å². The van der Waals surface area contributed by atoms with E-state index >= 15 is 0 Å². The van der Waals surface area contributed by atoms with Gasteiger partial charge in [0.25, 0.3) is 5.91 Å². The van der Waals surface area contributed by atoms with Crippen molar-refractivity contribution in [2.45, 2.75) is 26.3 Å².